The zero-order valence-corrected chi connectivity index (χ0v) is 13.3. The Labute approximate surface area is 128 Å². The van der Waals surface area contributed by atoms with Crippen molar-refractivity contribution in [1.82, 2.24) is 10.6 Å². The molecule has 0 radical (unpaired) electrons. The number of methoxy groups -OCH3 is 1. The van der Waals surface area contributed by atoms with Crippen LogP contribution in [0.4, 0.5) is 0 Å². The molecule has 3 fully saturated rings. The van der Waals surface area contributed by atoms with Crippen LogP contribution >= 0.6 is 0 Å². The lowest BCUT2D eigenvalue weighted by molar-refractivity contribution is -0.136. The van der Waals surface area contributed by atoms with Gasteiger partial charge in [-0.2, -0.15) is 0 Å². The Morgan fingerprint density at radius 3 is 2.71 bits per heavy atom. The van der Waals surface area contributed by atoms with Gasteiger partial charge in [-0.25, -0.2) is 0 Å². The highest BCUT2D eigenvalue weighted by atomic mass is 16.5. The number of rotatable bonds is 6. The van der Waals surface area contributed by atoms with Gasteiger partial charge in [-0.15, -0.1) is 0 Å². The molecule has 2 bridgehead atoms. The fraction of sp³-hybridized carbons (Fsp3) is 0.941. The van der Waals surface area contributed by atoms with Crippen molar-refractivity contribution >= 4 is 5.91 Å². The van der Waals surface area contributed by atoms with E-state index in [1.54, 1.807) is 7.11 Å². The first-order valence-corrected chi connectivity index (χ1v) is 8.71. The second kappa shape index (κ2) is 6.66. The van der Waals surface area contributed by atoms with Crippen LogP contribution in [0, 0.1) is 23.2 Å². The summed E-state index contributed by atoms with van der Waals surface area (Å²) in [6, 6.07) is 0. The SMILES string of the molecule is COCC1(C(=O)NCCC2CC3CCC2C3)CCNCC1. The number of carbonyl (C=O) groups is 1. The molecule has 4 nitrogen and oxygen atoms in total. The molecule has 1 heterocycles. The number of carbonyl (C=O) groups excluding carboxylic acids is 1. The normalized spacial score (nSPS) is 34.0. The summed E-state index contributed by atoms with van der Waals surface area (Å²) in [6.07, 6.45) is 8.71. The predicted molar refractivity (Wildman–Crippen MR) is 83.0 cm³/mol. The van der Waals surface area contributed by atoms with Gasteiger partial charge in [0.25, 0.3) is 0 Å². The number of ether oxygens (including phenoxy) is 1. The van der Waals surface area contributed by atoms with Crippen LogP contribution in [0.1, 0.15) is 44.9 Å². The van der Waals surface area contributed by atoms with Crippen molar-refractivity contribution in [1.29, 1.82) is 0 Å². The first-order valence-electron chi connectivity index (χ1n) is 8.71. The van der Waals surface area contributed by atoms with Gasteiger partial charge >= 0.3 is 0 Å². The van der Waals surface area contributed by atoms with Crippen LogP contribution in [-0.2, 0) is 9.53 Å². The summed E-state index contributed by atoms with van der Waals surface area (Å²) in [5.41, 5.74) is -0.297. The maximum absolute atomic E-state index is 12.6. The Balaban J connectivity index is 1.46. The van der Waals surface area contributed by atoms with E-state index >= 15 is 0 Å². The van der Waals surface area contributed by atoms with Gasteiger partial charge in [-0.05, 0) is 69.4 Å². The van der Waals surface area contributed by atoms with Gasteiger partial charge in [0.05, 0.1) is 12.0 Å². The summed E-state index contributed by atoms with van der Waals surface area (Å²) in [5, 5.41) is 6.55. The van der Waals surface area contributed by atoms with Crippen molar-refractivity contribution < 1.29 is 9.53 Å². The molecule has 0 spiro atoms. The molecule has 3 atom stereocenters. The average molecular weight is 294 g/mol. The maximum atomic E-state index is 12.6. The molecule has 120 valence electrons. The Hall–Kier alpha value is -0.610. The van der Waals surface area contributed by atoms with Crippen LogP contribution in [-0.4, -0.2) is 39.3 Å². The third kappa shape index (κ3) is 3.26. The predicted octanol–water partition coefficient (Wildman–Crippen LogP) is 1.95. The summed E-state index contributed by atoms with van der Waals surface area (Å²) in [5.74, 6) is 3.04. The van der Waals surface area contributed by atoms with Crippen LogP contribution in [0.25, 0.3) is 0 Å². The molecule has 4 heteroatoms. The summed E-state index contributed by atoms with van der Waals surface area (Å²) in [6.45, 7) is 3.24. The van der Waals surface area contributed by atoms with Gasteiger partial charge in [0.15, 0.2) is 0 Å². The van der Waals surface area contributed by atoms with Gasteiger partial charge in [0, 0.05) is 13.7 Å². The number of fused-ring (bicyclic) bond motifs is 2. The minimum absolute atomic E-state index is 0.217. The first-order chi connectivity index (χ1) is 10.2. The Morgan fingerprint density at radius 1 is 1.29 bits per heavy atom. The minimum Gasteiger partial charge on any atom is -0.384 e. The van der Waals surface area contributed by atoms with Crippen molar-refractivity contribution in [3.63, 3.8) is 0 Å². The lowest BCUT2D eigenvalue weighted by Gasteiger charge is -2.35. The highest BCUT2D eigenvalue weighted by molar-refractivity contribution is 5.83. The molecule has 3 rings (SSSR count). The van der Waals surface area contributed by atoms with E-state index in [0.29, 0.717) is 6.61 Å². The van der Waals surface area contributed by atoms with E-state index < -0.39 is 0 Å². The molecule has 21 heavy (non-hydrogen) atoms. The van der Waals surface area contributed by atoms with E-state index in [2.05, 4.69) is 10.6 Å². The van der Waals surface area contributed by atoms with Crippen LogP contribution in [0.5, 0.6) is 0 Å². The van der Waals surface area contributed by atoms with Crippen molar-refractivity contribution in [2.45, 2.75) is 44.9 Å². The monoisotopic (exact) mass is 294 g/mol. The molecule has 0 aromatic heterocycles. The van der Waals surface area contributed by atoms with Crippen molar-refractivity contribution in [2.24, 2.45) is 23.2 Å². The summed E-state index contributed by atoms with van der Waals surface area (Å²) in [4.78, 5) is 12.6. The summed E-state index contributed by atoms with van der Waals surface area (Å²) < 4.78 is 5.34. The molecule has 2 aliphatic carbocycles. The van der Waals surface area contributed by atoms with E-state index in [-0.39, 0.29) is 11.3 Å². The Bertz CT molecular complexity index is 360. The summed E-state index contributed by atoms with van der Waals surface area (Å²) in [7, 11) is 1.70. The number of piperidine rings is 1. The molecular formula is C17H30N2O2. The first kappa shape index (κ1) is 15.3. The van der Waals surface area contributed by atoms with Crippen LogP contribution < -0.4 is 10.6 Å². The van der Waals surface area contributed by atoms with Crippen LogP contribution in [0.15, 0.2) is 0 Å². The van der Waals surface area contributed by atoms with E-state index in [4.69, 9.17) is 4.74 Å². The minimum atomic E-state index is -0.297. The van der Waals surface area contributed by atoms with E-state index in [9.17, 15) is 4.79 Å². The maximum Gasteiger partial charge on any atom is 0.228 e. The molecule has 1 aliphatic heterocycles. The van der Waals surface area contributed by atoms with Crippen molar-refractivity contribution in [3.05, 3.63) is 0 Å². The average Bonchev–Trinajstić information content (AvgIpc) is 3.11. The smallest absolute Gasteiger partial charge is 0.228 e. The zero-order valence-electron chi connectivity index (χ0n) is 13.3. The van der Waals surface area contributed by atoms with Crippen LogP contribution in [0.2, 0.25) is 0 Å². The second-order valence-electron chi connectivity index (χ2n) is 7.44. The Kier molecular flexibility index (Phi) is 4.85. The molecule has 3 unspecified atom stereocenters. The van der Waals surface area contributed by atoms with Crippen molar-refractivity contribution in [3.8, 4) is 0 Å². The lowest BCUT2D eigenvalue weighted by atomic mass is 9.78. The highest BCUT2D eigenvalue weighted by Gasteiger charge is 2.41. The van der Waals surface area contributed by atoms with Gasteiger partial charge in [0.1, 0.15) is 0 Å². The topological polar surface area (TPSA) is 50.4 Å². The third-order valence-electron chi connectivity index (χ3n) is 6.15. The van der Waals surface area contributed by atoms with Crippen LogP contribution in [0.3, 0.4) is 0 Å². The molecular weight excluding hydrogens is 264 g/mol. The lowest BCUT2D eigenvalue weighted by Crippen LogP contribution is -2.50. The number of hydrogen-bond acceptors (Lipinski definition) is 3. The van der Waals surface area contributed by atoms with Gasteiger partial charge in [-0.1, -0.05) is 6.42 Å². The molecule has 3 aliphatic rings. The second-order valence-corrected chi connectivity index (χ2v) is 7.44. The largest absolute Gasteiger partial charge is 0.384 e. The highest BCUT2D eigenvalue weighted by Crippen LogP contribution is 2.49. The number of nitrogens with one attached hydrogen (secondary N) is 2. The summed E-state index contributed by atoms with van der Waals surface area (Å²) >= 11 is 0. The number of hydrogen-bond donors (Lipinski definition) is 2. The molecule has 1 amide bonds. The van der Waals surface area contributed by atoms with E-state index in [1.807, 2.05) is 0 Å². The molecule has 2 saturated carbocycles. The fourth-order valence-corrected chi connectivity index (χ4v) is 4.91. The van der Waals surface area contributed by atoms with E-state index in [1.165, 1.54) is 32.1 Å². The van der Waals surface area contributed by atoms with Gasteiger partial charge in [0.2, 0.25) is 5.91 Å². The molecule has 1 saturated heterocycles. The Morgan fingerprint density at radius 2 is 2.10 bits per heavy atom. The van der Waals surface area contributed by atoms with Gasteiger partial charge < -0.3 is 15.4 Å². The molecule has 2 N–H and O–H groups in total. The quantitative estimate of drug-likeness (QED) is 0.787. The molecule has 0 aromatic rings. The van der Waals surface area contributed by atoms with Crippen molar-refractivity contribution in [2.75, 3.05) is 33.4 Å². The van der Waals surface area contributed by atoms with Gasteiger partial charge in [-0.3, -0.25) is 4.79 Å². The standard InChI is InChI=1S/C17H30N2O2/c1-21-12-17(5-8-18-9-6-17)16(20)19-7-4-15-11-13-2-3-14(15)10-13/h13-15,18H,2-12H2,1H3,(H,19,20). The zero-order chi connectivity index (χ0) is 14.7. The number of amides is 1. The fourth-order valence-electron chi connectivity index (χ4n) is 4.91. The molecule has 0 aromatic carbocycles. The third-order valence-corrected chi connectivity index (χ3v) is 6.15. The van der Waals surface area contributed by atoms with E-state index in [0.717, 1.165) is 50.2 Å².